The molecule has 27 heavy (non-hydrogen) atoms. The summed E-state index contributed by atoms with van der Waals surface area (Å²) in [5, 5.41) is 6.71. The topological polar surface area (TPSA) is 73.8 Å². The van der Waals surface area contributed by atoms with Crippen molar-refractivity contribution >= 4 is 15.8 Å². The first-order valence-corrected chi connectivity index (χ1v) is 11.7. The van der Waals surface area contributed by atoms with Gasteiger partial charge in [0.1, 0.15) is 0 Å². The van der Waals surface area contributed by atoms with Crippen LogP contribution in [0.25, 0.3) is 0 Å². The van der Waals surface area contributed by atoms with E-state index in [-0.39, 0.29) is 0 Å². The molecule has 0 heterocycles. The number of hydrogen-bond acceptors (Lipinski definition) is 4. The lowest BCUT2D eigenvalue weighted by Crippen LogP contribution is -2.42. The van der Waals surface area contributed by atoms with Crippen molar-refractivity contribution in [2.45, 2.75) is 50.1 Å². The molecule has 0 bridgehead atoms. The Morgan fingerprint density at radius 3 is 2.52 bits per heavy atom. The van der Waals surface area contributed by atoms with Gasteiger partial charge in [-0.3, -0.25) is 9.89 Å². The highest BCUT2D eigenvalue weighted by Crippen LogP contribution is 2.34. The molecule has 2 N–H and O–H groups in total. The first-order chi connectivity index (χ1) is 12.9. The predicted octanol–water partition coefficient (Wildman–Crippen LogP) is 1.94. The molecule has 0 spiro atoms. The van der Waals surface area contributed by atoms with Crippen LogP contribution in [0, 0.1) is 12.8 Å². The van der Waals surface area contributed by atoms with Gasteiger partial charge in [-0.15, -0.1) is 0 Å². The van der Waals surface area contributed by atoms with Crippen molar-refractivity contribution in [3.8, 4) is 0 Å². The monoisotopic (exact) mass is 392 g/mol. The lowest BCUT2D eigenvalue weighted by atomic mass is 10.1. The van der Waals surface area contributed by atoms with E-state index in [4.69, 9.17) is 0 Å². The zero-order chi connectivity index (χ0) is 19.4. The van der Waals surface area contributed by atoms with Gasteiger partial charge in [-0.1, -0.05) is 12.1 Å². The summed E-state index contributed by atoms with van der Waals surface area (Å²) < 4.78 is 23.4. The van der Waals surface area contributed by atoms with E-state index in [1.807, 2.05) is 19.1 Å². The Balaban J connectivity index is 1.45. The number of hydrogen-bond donors (Lipinski definition) is 2. The van der Waals surface area contributed by atoms with Crippen LogP contribution in [0.15, 0.2) is 28.1 Å². The summed E-state index contributed by atoms with van der Waals surface area (Å²) in [6.45, 7) is 5.64. The van der Waals surface area contributed by atoms with Crippen molar-refractivity contribution in [2.24, 2.45) is 10.9 Å². The largest absolute Gasteiger partial charge is 0.355 e. The molecule has 3 rings (SSSR count). The molecule has 2 fully saturated rings. The molecule has 1 aromatic rings. The Bertz CT molecular complexity index is 783. The quantitative estimate of drug-likeness (QED) is 0.496. The van der Waals surface area contributed by atoms with E-state index >= 15 is 0 Å². The number of guanidine groups is 1. The number of nitrogens with zero attached hydrogens (tertiary/aromatic N) is 2. The normalized spacial score (nSPS) is 18.0. The lowest BCUT2D eigenvalue weighted by Gasteiger charge is -2.22. The van der Waals surface area contributed by atoms with Crippen LogP contribution in [0.4, 0.5) is 0 Å². The van der Waals surface area contributed by atoms with E-state index in [1.165, 1.54) is 38.5 Å². The van der Waals surface area contributed by atoms with Gasteiger partial charge in [0.2, 0.25) is 0 Å². The maximum absolute atomic E-state index is 11.7. The second-order valence-electron chi connectivity index (χ2n) is 7.89. The summed E-state index contributed by atoms with van der Waals surface area (Å²) in [6, 6.07) is 6.26. The molecule has 0 amide bonds. The smallest absolute Gasteiger partial charge is 0.191 e. The molecule has 0 saturated heterocycles. The maximum Gasteiger partial charge on any atom is 0.191 e. The highest BCUT2D eigenvalue weighted by Gasteiger charge is 2.33. The van der Waals surface area contributed by atoms with Crippen molar-refractivity contribution in [1.29, 1.82) is 0 Å². The van der Waals surface area contributed by atoms with E-state index in [1.54, 1.807) is 13.1 Å². The van der Waals surface area contributed by atoms with E-state index in [0.717, 1.165) is 42.1 Å². The average Bonchev–Trinajstić information content (AvgIpc) is 3.49. The molecule has 1 aromatic carbocycles. The minimum Gasteiger partial charge on any atom is -0.355 e. The number of aliphatic imine (C=N–C) groups is 1. The van der Waals surface area contributed by atoms with Gasteiger partial charge in [-0.05, 0) is 55.7 Å². The van der Waals surface area contributed by atoms with Gasteiger partial charge in [0.05, 0.1) is 4.90 Å². The van der Waals surface area contributed by atoms with E-state index < -0.39 is 9.84 Å². The Kier molecular flexibility index (Phi) is 6.42. The van der Waals surface area contributed by atoms with Crippen molar-refractivity contribution < 1.29 is 8.42 Å². The molecule has 0 atom stereocenters. The van der Waals surface area contributed by atoms with Crippen LogP contribution in [0.3, 0.4) is 0 Å². The highest BCUT2D eigenvalue weighted by molar-refractivity contribution is 7.90. The van der Waals surface area contributed by atoms with Crippen LogP contribution in [0.5, 0.6) is 0 Å². The molecule has 150 valence electrons. The van der Waals surface area contributed by atoms with Gasteiger partial charge in [0.15, 0.2) is 15.8 Å². The van der Waals surface area contributed by atoms with Crippen LogP contribution < -0.4 is 10.6 Å². The zero-order valence-electron chi connectivity index (χ0n) is 16.7. The minimum absolute atomic E-state index is 0.393. The van der Waals surface area contributed by atoms with Crippen molar-refractivity contribution in [1.82, 2.24) is 15.5 Å². The summed E-state index contributed by atoms with van der Waals surface area (Å²) in [4.78, 5) is 7.32. The molecule has 0 aliphatic heterocycles. The summed E-state index contributed by atoms with van der Waals surface area (Å²) in [6.07, 6.45) is 6.74. The number of nitrogens with one attached hydrogen (secondary N) is 2. The number of aryl methyl sites for hydroxylation is 1. The van der Waals surface area contributed by atoms with Crippen molar-refractivity contribution in [2.75, 3.05) is 32.9 Å². The van der Waals surface area contributed by atoms with Gasteiger partial charge in [-0.25, -0.2) is 8.42 Å². The summed E-state index contributed by atoms with van der Waals surface area (Å²) in [7, 11) is -1.40. The highest BCUT2D eigenvalue weighted by atomic mass is 32.2. The van der Waals surface area contributed by atoms with E-state index in [9.17, 15) is 8.42 Å². The van der Waals surface area contributed by atoms with Gasteiger partial charge in [0, 0.05) is 45.5 Å². The average molecular weight is 393 g/mol. The fourth-order valence-electron chi connectivity index (χ4n) is 3.46. The van der Waals surface area contributed by atoms with Gasteiger partial charge >= 0.3 is 0 Å². The Morgan fingerprint density at radius 1 is 1.22 bits per heavy atom. The third kappa shape index (κ3) is 6.21. The second-order valence-corrected chi connectivity index (χ2v) is 9.88. The molecule has 2 saturated carbocycles. The molecule has 0 radical (unpaired) electrons. The van der Waals surface area contributed by atoms with Gasteiger partial charge in [0.25, 0.3) is 0 Å². The number of rotatable bonds is 9. The Hall–Kier alpha value is -1.60. The molecule has 0 aromatic heterocycles. The van der Waals surface area contributed by atoms with E-state index in [2.05, 4.69) is 20.5 Å². The number of sulfone groups is 1. The Morgan fingerprint density at radius 2 is 1.96 bits per heavy atom. The molecule has 6 nitrogen and oxygen atoms in total. The fourth-order valence-corrected chi connectivity index (χ4v) is 4.42. The van der Waals surface area contributed by atoms with Crippen LogP contribution in [-0.2, 0) is 16.4 Å². The van der Waals surface area contributed by atoms with Gasteiger partial charge < -0.3 is 10.6 Å². The molecule has 2 aliphatic rings. The van der Waals surface area contributed by atoms with Crippen LogP contribution >= 0.6 is 0 Å². The zero-order valence-corrected chi connectivity index (χ0v) is 17.5. The maximum atomic E-state index is 11.7. The summed E-state index contributed by atoms with van der Waals surface area (Å²) >= 11 is 0. The standard InChI is InChI=1S/C20H32N4O2S/c1-15-12-17(6-9-19(15)27(3,25)26)13-23-20(21-2)22-10-11-24(18-7-8-18)14-16-4-5-16/h6,9,12,16,18H,4-5,7-8,10-11,13-14H2,1-3H3,(H2,21,22,23). The number of benzene rings is 1. The van der Waals surface area contributed by atoms with Crippen LogP contribution in [0.2, 0.25) is 0 Å². The van der Waals surface area contributed by atoms with Crippen LogP contribution in [0.1, 0.15) is 36.8 Å². The molecule has 7 heteroatoms. The van der Waals surface area contributed by atoms with E-state index in [0.29, 0.717) is 11.4 Å². The summed E-state index contributed by atoms with van der Waals surface area (Å²) in [5.74, 6) is 1.71. The molecular weight excluding hydrogens is 360 g/mol. The first-order valence-electron chi connectivity index (χ1n) is 9.85. The van der Waals surface area contributed by atoms with Crippen molar-refractivity contribution in [3.63, 3.8) is 0 Å². The third-order valence-corrected chi connectivity index (χ3v) is 6.52. The minimum atomic E-state index is -3.17. The first kappa shape index (κ1) is 20.1. The molecular formula is C20H32N4O2S. The summed E-state index contributed by atoms with van der Waals surface area (Å²) in [5.41, 5.74) is 1.82. The Labute approximate surface area is 163 Å². The van der Waals surface area contributed by atoms with Gasteiger partial charge in [-0.2, -0.15) is 0 Å². The van der Waals surface area contributed by atoms with Crippen molar-refractivity contribution in [3.05, 3.63) is 29.3 Å². The molecule has 0 unspecified atom stereocenters. The molecule has 2 aliphatic carbocycles. The SMILES string of the molecule is CN=C(NCCN(CC1CC1)C1CC1)NCc1ccc(S(C)(=O)=O)c(C)c1. The lowest BCUT2D eigenvalue weighted by molar-refractivity contribution is 0.256. The third-order valence-electron chi connectivity index (χ3n) is 5.27. The van der Waals surface area contributed by atoms with Crippen LogP contribution in [-0.4, -0.2) is 58.3 Å². The second kappa shape index (κ2) is 8.61. The fraction of sp³-hybridized carbons (Fsp3) is 0.650. The predicted molar refractivity (Wildman–Crippen MR) is 110 cm³/mol.